The molecule has 2 aliphatic carbocycles. The Bertz CT molecular complexity index is 961. The topological polar surface area (TPSA) is 74.6 Å². The molecule has 3 rings (SSSR count). The van der Waals surface area contributed by atoms with E-state index < -0.39 is 11.9 Å². The van der Waals surface area contributed by atoms with Crippen molar-refractivity contribution in [3.05, 3.63) is 81.3 Å². The number of allylic oxidation sites excluding steroid dienone is 4. The van der Waals surface area contributed by atoms with Crippen LogP contribution < -0.4 is 10.4 Å². The number of carbonyl (C=O) groups is 2. The first-order valence-electron chi connectivity index (χ1n) is 8.43. The average molecular weight is 348 g/mol. The number of rotatable bonds is 2. The van der Waals surface area contributed by atoms with Crippen molar-refractivity contribution in [2.75, 3.05) is 0 Å². The minimum Gasteiger partial charge on any atom is -0.478 e. The van der Waals surface area contributed by atoms with Crippen LogP contribution in [0.5, 0.6) is 0 Å². The summed E-state index contributed by atoms with van der Waals surface area (Å²) >= 11 is 0. The van der Waals surface area contributed by atoms with Crippen LogP contribution in [-0.4, -0.2) is 22.2 Å². The molecule has 0 bridgehead atoms. The highest BCUT2D eigenvalue weighted by molar-refractivity contribution is 5.92. The van der Waals surface area contributed by atoms with Crippen LogP contribution in [-0.2, 0) is 9.59 Å². The van der Waals surface area contributed by atoms with Crippen molar-refractivity contribution in [3.8, 4) is 0 Å². The van der Waals surface area contributed by atoms with Gasteiger partial charge in [0.1, 0.15) is 0 Å². The SMILES string of the molecule is Cc1cc(=C2C=CC(C(=O)O)=CC2)c(C)cc1=C1C=CC(C(=O)O)=CC1. The smallest absolute Gasteiger partial charge is 0.335 e. The van der Waals surface area contributed by atoms with Crippen LogP contribution in [0, 0.1) is 13.8 Å². The third kappa shape index (κ3) is 3.45. The van der Waals surface area contributed by atoms with Crippen LogP contribution in [0.15, 0.2) is 59.7 Å². The molecule has 26 heavy (non-hydrogen) atoms. The van der Waals surface area contributed by atoms with Crippen molar-refractivity contribution in [1.29, 1.82) is 0 Å². The summed E-state index contributed by atoms with van der Waals surface area (Å²) in [6, 6.07) is 4.25. The van der Waals surface area contributed by atoms with Gasteiger partial charge in [-0.05, 0) is 71.6 Å². The maximum Gasteiger partial charge on any atom is 0.335 e. The summed E-state index contributed by atoms with van der Waals surface area (Å²) in [7, 11) is 0. The summed E-state index contributed by atoms with van der Waals surface area (Å²) in [4.78, 5) is 22.0. The predicted octanol–water partition coefficient (Wildman–Crippen LogP) is 2.55. The molecule has 0 fully saturated rings. The molecule has 0 spiro atoms. The number of hydrogen-bond donors (Lipinski definition) is 2. The van der Waals surface area contributed by atoms with Crippen molar-refractivity contribution >= 4 is 23.1 Å². The fraction of sp³-hybridized carbons (Fsp3) is 0.182. The first-order valence-corrected chi connectivity index (χ1v) is 8.43. The van der Waals surface area contributed by atoms with Crippen LogP contribution in [0.3, 0.4) is 0 Å². The number of benzene rings is 1. The van der Waals surface area contributed by atoms with Gasteiger partial charge in [0.15, 0.2) is 0 Å². The minimum atomic E-state index is -0.905. The second kappa shape index (κ2) is 7.00. The Kier molecular flexibility index (Phi) is 4.76. The Labute approximate surface area is 151 Å². The van der Waals surface area contributed by atoms with Crippen LogP contribution in [0.25, 0.3) is 11.1 Å². The molecule has 0 unspecified atom stereocenters. The molecule has 0 amide bonds. The van der Waals surface area contributed by atoms with E-state index in [4.69, 9.17) is 10.2 Å². The van der Waals surface area contributed by atoms with Gasteiger partial charge in [-0.1, -0.05) is 36.4 Å². The van der Waals surface area contributed by atoms with Crippen molar-refractivity contribution in [1.82, 2.24) is 0 Å². The Balaban J connectivity index is 2.05. The van der Waals surface area contributed by atoms with Gasteiger partial charge < -0.3 is 10.2 Å². The summed E-state index contributed by atoms with van der Waals surface area (Å²) in [5, 5.41) is 20.3. The molecule has 4 heteroatoms. The number of hydrogen-bond acceptors (Lipinski definition) is 2. The summed E-state index contributed by atoms with van der Waals surface area (Å²) in [6.45, 7) is 4.09. The van der Waals surface area contributed by atoms with Gasteiger partial charge in [0.25, 0.3) is 0 Å². The van der Waals surface area contributed by atoms with Gasteiger partial charge in [0.2, 0.25) is 0 Å². The standard InChI is InChI=1S/C22H20O4/c1-13-11-20(16-5-9-18(10-6-16)22(25)26)14(2)12-19(13)15-3-7-17(8-4-15)21(23)24/h3,5,7-12H,4,6H2,1-2H3,(H,23,24)(H,25,26). The zero-order chi connectivity index (χ0) is 18.8. The van der Waals surface area contributed by atoms with Crippen LogP contribution in [0.1, 0.15) is 24.0 Å². The largest absolute Gasteiger partial charge is 0.478 e. The lowest BCUT2D eigenvalue weighted by Crippen LogP contribution is -2.21. The molecule has 0 radical (unpaired) electrons. The molecule has 2 N–H and O–H groups in total. The summed E-state index contributed by atoms with van der Waals surface area (Å²) in [6.07, 6.45) is 11.7. The number of carboxylic acids is 2. The Morgan fingerprint density at radius 2 is 1.12 bits per heavy atom. The van der Waals surface area contributed by atoms with Gasteiger partial charge in [0.05, 0.1) is 11.1 Å². The summed E-state index contributed by atoms with van der Waals surface area (Å²) in [5.74, 6) is -1.81. The number of aryl methyl sites for hydroxylation is 2. The molecule has 0 aromatic heterocycles. The number of carboxylic acid groups (broad SMARTS) is 2. The number of aliphatic carboxylic acids is 2. The maximum atomic E-state index is 11.0. The van der Waals surface area contributed by atoms with Crippen LogP contribution in [0.4, 0.5) is 0 Å². The van der Waals surface area contributed by atoms with Crippen molar-refractivity contribution in [2.45, 2.75) is 26.7 Å². The fourth-order valence-electron chi connectivity index (χ4n) is 3.32. The van der Waals surface area contributed by atoms with E-state index in [2.05, 4.69) is 12.1 Å². The molecular formula is C22H20O4. The van der Waals surface area contributed by atoms with E-state index in [-0.39, 0.29) is 0 Å². The van der Waals surface area contributed by atoms with E-state index in [0.29, 0.717) is 24.0 Å². The Morgan fingerprint density at radius 3 is 1.38 bits per heavy atom. The molecule has 132 valence electrons. The first kappa shape index (κ1) is 17.7. The summed E-state index contributed by atoms with van der Waals surface area (Å²) < 4.78 is 0. The molecular weight excluding hydrogens is 328 g/mol. The van der Waals surface area contributed by atoms with Gasteiger partial charge >= 0.3 is 11.9 Å². The first-order chi connectivity index (χ1) is 12.4. The zero-order valence-corrected chi connectivity index (χ0v) is 14.7. The maximum absolute atomic E-state index is 11.0. The second-order valence-electron chi connectivity index (χ2n) is 6.54. The third-order valence-corrected chi connectivity index (χ3v) is 4.77. The minimum absolute atomic E-state index is 0.323. The van der Waals surface area contributed by atoms with Gasteiger partial charge in [-0.15, -0.1) is 0 Å². The summed E-state index contributed by atoms with van der Waals surface area (Å²) in [5.41, 5.74) is 5.07. The molecule has 0 aliphatic heterocycles. The van der Waals surface area contributed by atoms with Gasteiger partial charge in [0, 0.05) is 0 Å². The van der Waals surface area contributed by atoms with E-state index in [1.807, 2.05) is 26.0 Å². The van der Waals surface area contributed by atoms with Crippen LogP contribution in [0.2, 0.25) is 0 Å². The molecule has 0 atom stereocenters. The second-order valence-corrected chi connectivity index (χ2v) is 6.54. The van der Waals surface area contributed by atoms with E-state index in [9.17, 15) is 9.59 Å². The molecule has 0 saturated heterocycles. The van der Waals surface area contributed by atoms with Crippen molar-refractivity contribution in [2.24, 2.45) is 0 Å². The lowest BCUT2D eigenvalue weighted by Gasteiger charge is -2.11. The van der Waals surface area contributed by atoms with Gasteiger partial charge in [-0.25, -0.2) is 9.59 Å². The van der Waals surface area contributed by atoms with Gasteiger partial charge in [-0.2, -0.15) is 0 Å². The van der Waals surface area contributed by atoms with E-state index in [1.165, 1.54) is 0 Å². The van der Waals surface area contributed by atoms with E-state index in [1.54, 1.807) is 24.3 Å². The Hall–Kier alpha value is -3.14. The van der Waals surface area contributed by atoms with Crippen molar-refractivity contribution in [3.63, 3.8) is 0 Å². The van der Waals surface area contributed by atoms with E-state index in [0.717, 1.165) is 32.7 Å². The molecule has 0 saturated carbocycles. The molecule has 0 heterocycles. The normalized spacial score (nSPS) is 20.5. The predicted molar refractivity (Wildman–Crippen MR) is 101 cm³/mol. The Morgan fingerprint density at radius 1 is 0.731 bits per heavy atom. The highest BCUT2D eigenvalue weighted by Gasteiger charge is 2.11. The fourth-order valence-corrected chi connectivity index (χ4v) is 3.32. The molecule has 1 aromatic rings. The lowest BCUT2D eigenvalue weighted by molar-refractivity contribution is -0.133. The lowest BCUT2D eigenvalue weighted by atomic mass is 9.93. The van der Waals surface area contributed by atoms with Crippen LogP contribution >= 0.6 is 0 Å². The molecule has 2 aliphatic rings. The monoisotopic (exact) mass is 348 g/mol. The van der Waals surface area contributed by atoms with Gasteiger partial charge in [-0.3, -0.25) is 0 Å². The zero-order valence-electron chi connectivity index (χ0n) is 14.7. The highest BCUT2D eigenvalue weighted by Crippen LogP contribution is 2.18. The highest BCUT2D eigenvalue weighted by atomic mass is 16.4. The van der Waals surface area contributed by atoms with E-state index >= 15 is 0 Å². The van der Waals surface area contributed by atoms with Crippen molar-refractivity contribution < 1.29 is 19.8 Å². The third-order valence-electron chi connectivity index (χ3n) is 4.77. The quantitative estimate of drug-likeness (QED) is 0.861. The molecule has 1 aromatic carbocycles. The molecule has 4 nitrogen and oxygen atoms in total. The average Bonchev–Trinajstić information content (AvgIpc) is 2.63.